The molecule has 8 aromatic carbocycles. The number of aryl methyl sites for hydroxylation is 8. The van der Waals surface area contributed by atoms with Crippen LogP contribution >= 0.6 is 0 Å². The van der Waals surface area contributed by atoms with Crippen LogP contribution in [-0.2, 0) is 47.8 Å². The summed E-state index contributed by atoms with van der Waals surface area (Å²) in [5.74, 6) is 3.31. The highest BCUT2D eigenvalue weighted by atomic mass is 16.3. The SMILES string of the molecule is CN(C)CC1CCCC(CN(C)CC(O)CN(C)CC2CCCC(CN(C)C)C2)C1.CN(C)Cc1cccc(CN(C)CC(O)CN(C)Cc2cccc(CN(C)C)c2)c1.Cc1cc(C(C)(C)c2ccc(C(C)(C)c3cc(C)c(N(C)CC(O)CN(C)c4c(C)cc(C(C)(C)c5ccc(C(C)(C)c6cc(C)c(N(C)C)c(C)c6)cc5)cc4C)c(C)c3)cc2)cc(C)c1N(C)C. The molecule has 0 bridgehead atoms. The first kappa shape index (κ1) is 108. The van der Waals surface area contributed by atoms with Gasteiger partial charge in [-0.05, 0) is 313 Å². The molecule has 0 radical (unpaired) electrons. The monoisotopic (exact) mass is 1780 g/mol. The van der Waals surface area contributed by atoms with Crippen molar-refractivity contribution in [1.29, 1.82) is 0 Å². The summed E-state index contributed by atoms with van der Waals surface area (Å²) in [6, 6.07) is 54.9. The van der Waals surface area contributed by atoms with E-state index in [1.807, 2.05) is 0 Å². The minimum Gasteiger partial charge on any atom is -0.390 e. The highest BCUT2D eigenvalue weighted by Crippen LogP contribution is 2.44. The van der Waals surface area contributed by atoms with Crippen molar-refractivity contribution < 1.29 is 15.3 Å². The fourth-order valence-electron chi connectivity index (χ4n) is 22.2. The number of likely N-dealkylation sites (N-methyl/N-ethyl adjacent to an activating group) is 6. The molecule has 4 unspecified atom stereocenters. The van der Waals surface area contributed by atoms with Gasteiger partial charge in [0.2, 0.25) is 0 Å². The highest BCUT2D eigenvalue weighted by Gasteiger charge is 2.34. The normalized spacial score (nSPS) is 16.3. The smallest absolute Gasteiger partial charge is 0.0889 e. The van der Waals surface area contributed by atoms with Crippen molar-refractivity contribution in [1.82, 2.24) is 39.2 Å². The van der Waals surface area contributed by atoms with E-state index in [1.54, 1.807) is 0 Å². The van der Waals surface area contributed by atoms with Crippen LogP contribution < -0.4 is 19.6 Å². The van der Waals surface area contributed by atoms with Crippen LogP contribution in [0, 0.1) is 79.1 Å². The number of hydrogen-bond acceptors (Lipinski definition) is 15. The highest BCUT2D eigenvalue weighted by molar-refractivity contribution is 5.66. The molecular weight excluding hydrogens is 1600 g/mol. The van der Waals surface area contributed by atoms with Crippen molar-refractivity contribution in [3.63, 3.8) is 0 Å². The van der Waals surface area contributed by atoms with Gasteiger partial charge in [-0.3, -0.25) is 9.80 Å². The molecule has 15 nitrogen and oxygen atoms in total. The predicted molar refractivity (Wildman–Crippen MR) is 562 cm³/mol. The standard InChI is InChI=1S/C65H88N4O.C25H52N4O.C25H40N4O/c1-41-31-53(32-42(2)58(41)66(17)18)62(9,10)49-23-27-51(28-24-49)64(13,14)55-35-45(5)60(46(6)36-55)68(21)39-57(70)40-69(22)61-47(7)37-56(38-48(61)8)65(15,16)52-29-25-50(26-30-52)63(11,12)54-33-43(3)59(67(19)20)44(4)34-54;2*1-26(2)15-21-9-7-11-23(13-21)17-28(5)19-25(30)20-29(6)18-24-12-8-10-22(14-24)16-27(3)4/h23-38,57,70H,39-40H2,1-22H3;21-25,30H,7-20H2,1-6H3;7-14,25,30H,15-20H2,1-6H3. The Bertz CT molecular complexity index is 4440. The number of nitrogens with zero attached hydrogens (tertiary/aromatic N) is 12. The maximum Gasteiger partial charge on any atom is 0.0889 e. The number of aliphatic hydroxyl groups excluding tert-OH is 3. The Kier molecular flexibility index (Phi) is 39.9. The summed E-state index contributed by atoms with van der Waals surface area (Å²) in [6.07, 6.45) is 9.78. The van der Waals surface area contributed by atoms with Gasteiger partial charge in [0.05, 0.1) is 18.3 Å². The summed E-state index contributed by atoms with van der Waals surface area (Å²) < 4.78 is 0. The van der Waals surface area contributed by atoms with E-state index in [-0.39, 0.29) is 33.9 Å². The molecule has 15 heteroatoms. The van der Waals surface area contributed by atoms with Crippen LogP contribution in [-0.4, -0.2) is 265 Å². The average Bonchev–Trinajstić information content (AvgIpc) is 0.770. The number of benzene rings is 8. The molecule has 0 heterocycles. The Balaban J connectivity index is 0.000000285. The van der Waals surface area contributed by atoms with Crippen LogP contribution in [0.25, 0.3) is 0 Å². The molecule has 0 amide bonds. The molecule has 0 aromatic heterocycles. The molecule has 2 saturated carbocycles. The summed E-state index contributed by atoms with van der Waals surface area (Å²) in [6.45, 7) is 48.7. The zero-order valence-corrected chi connectivity index (χ0v) is 88.2. The lowest BCUT2D eigenvalue weighted by Crippen LogP contribution is -2.41. The molecule has 0 aliphatic heterocycles. The van der Waals surface area contributed by atoms with Gasteiger partial charge in [0.25, 0.3) is 0 Å². The fraction of sp³-hybridized carbons (Fsp3) is 0.583. The van der Waals surface area contributed by atoms with E-state index >= 15 is 0 Å². The quantitative estimate of drug-likeness (QED) is 0.0340. The molecule has 0 spiro atoms. The van der Waals surface area contributed by atoms with E-state index in [2.05, 4.69) is 442 Å². The number of hydrogen-bond donors (Lipinski definition) is 3. The summed E-state index contributed by atoms with van der Waals surface area (Å²) in [5, 5.41) is 33.0. The first-order valence-electron chi connectivity index (χ1n) is 48.8. The van der Waals surface area contributed by atoms with E-state index in [9.17, 15) is 15.3 Å². The van der Waals surface area contributed by atoms with E-state index < -0.39 is 6.10 Å². The van der Waals surface area contributed by atoms with Crippen LogP contribution in [0.4, 0.5) is 22.7 Å². The molecule has 10 rings (SSSR count). The Morgan fingerprint density at radius 1 is 0.262 bits per heavy atom. The Hall–Kier alpha value is -7.48. The number of aliphatic hydroxyl groups is 3. The van der Waals surface area contributed by atoms with Crippen molar-refractivity contribution >= 4 is 22.7 Å². The molecule has 8 aromatic rings. The average molecular weight is 1780 g/mol. The Morgan fingerprint density at radius 2 is 0.485 bits per heavy atom. The molecule has 4 atom stereocenters. The van der Waals surface area contributed by atoms with Crippen LogP contribution in [0.15, 0.2) is 146 Å². The zero-order chi connectivity index (χ0) is 96.4. The second kappa shape index (κ2) is 48.1. The van der Waals surface area contributed by atoms with Gasteiger partial charge in [-0.25, -0.2) is 0 Å². The van der Waals surface area contributed by atoms with Gasteiger partial charge in [0, 0.05) is 178 Å². The third kappa shape index (κ3) is 30.8. The van der Waals surface area contributed by atoms with Crippen molar-refractivity contribution in [3.05, 3.63) is 257 Å². The lowest BCUT2D eigenvalue weighted by molar-refractivity contribution is 0.0700. The molecule has 2 aliphatic rings. The third-order valence-electron chi connectivity index (χ3n) is 28.3. The van der Waals surface area contributed by atoms with Crippen LogP contribution in [0.3, 0.4) is 0 Å². The largest absolute Gasteiger partial charge is 0.390 e. The van der Waals surface area contributed by atoms with Crippen molar-refractivity contribution in [3.8, 4) is 0 Å². The predicted octanol–water partition coefficient (Wildman–Crippen LogP) is 20.2. The number of rotatable bonds is 40. The molecule has 718 valence electrons. The van der Waals surface area contributed by atoms with Gasteiger partial charge in [0.1, 0.15) is 0 Å². The van der Waals surface area contributed by atoms with Crippen molar-refractivity contribution in [2.45, 2.75) is 228 Å². The second-order valence-corrected chi connectivity index (χ2v) is 44.3. The zero-order valence-electron chi connectivity index (χ0n) is 88.2. The van der Waals surface area contributed by atoms with Gasteiger partial charge in [-0.2, -0.15) is 0 Å². The summed E-state index contributed by atoms with van der Waals surface area (Å²) in [4.78, 5) is 27.1. The summed E-state index contributed by atoms with van der Waals surface area (Å²) >= 11 is 0. The first-order chi connectivity index (χ1) is 60.8. The van der Waals surface area contributed by atoms with Gasteiger partial charge in [0.15, 0.2) is 0 Å². The Morgan fingerprint density at radius 3 is 0.723 bits per heavy atom. The summed E-state index contributed by atoms with van der Waals surface area (Å²) in [7, 11) is 38.4. The van der Waals surface area contributed by atoms with Gasteiger partial charge < -0.3 is 64.3 Å². The summed E-state index contributed by atoms with van der Waals surface area (Å²) in [5.41, 5.74) is 30.2. The van der Waals surface area contributed by atoms with Crippen molar-refractivity contribution in [2.75, 3.05) is 212 Å². The number of anilines is 4. The van der Waals surface area contributed by atoms with E-state index in [1.165, 1.54) is 198 Å². The Labute approximate surface area is 793 Å². The third-order valence-corrected chi connectivity index (χ3v) is 28.3. The minimum atomic E-state index is -0.553. The van der Waals surface area contributed by atoms with E-state index in [0.29, 0.717) is 26.2 Å². The van der Waals surface area contributed by atoms with Crippen molar-refractivity contribution in [2.24, 2.45) is 23.7 Å². The van der Waals surface area contributed by atoms with E-state index in [0.717, 1.165) is 76.0 Å². The van der Waals surface area contributed by atoms with Gasteiger partial charge in [-0.1, -0.05) is 214 Å². The molecule has 2 fully saturated rings. The second-order valence-electron chi connectivity index (χ2n) is 44.3. The lowest BCUT2D eigenvalue weighted by atomic mass is 9.73. The first-order valence-corrected chi connectivity index (χ1v) is 48.8. The molecule has 130 heavy (non-hydrogen) atoms. The fourth-order valence-corrected chi connectivity index (χ4v) is 22.2. The van der Waals surface area contributed by atoms with E-state index in [4.69, 9.17) is 0 Å². The topological polar surface area (TPSA) is 99.6 Å². The van der Waals surface area contributed by atoms with Gasteiger partial charge >= 0.3 is 0 Å². The van der Waals surface area contributed by atoms with Crippen LogP contribution in [0.2, 0.25) is 0 Å². The minimum absolute atomic E-state index is 0.131. The maximum absolute atomic E-state index is 11.7. The van der Waals surface area contributed by atoms with Crippen LogP contribution in [0.1, 0.15) is 218 Å². The van der Waals surface area contributed by atoms with Crippen LogP contribution in [0.5, 0.6) is 0 Å². The molecule has 3 N–H and O–H groups in total. The molecule has 2 aliphatic carbocycles. The molecule has 0 saturated heterocycles. The van der Waals surface area contributed by atoms with Gasteiger partial charge in [-0.15, -0.1) is 0 Å². The lowest BCUT2D eigenvalue weighted by Gasteiger charge is -2.35. The molecular formula is C115H180N12O3. The maximum atomic E-state index is 11.7.